The average molecular weight is 210 g/mol. The highest BCUT2D eigenvalue weighted by Gasteiger charge is 2.06. The molecule has 5 heteroatoms. The number of rotatable bonds is 5. The number of aromatic nitrogens is 2. The molecule has 0 amide bonds. The third-order valence-corrected chi connectivity index (χ3v) is 2.25. The molecule has 1 aromatic heterocycles. The van der Waals surface area contributed by atoms with Crippen molar-refractivity contribution in [2.75, 3.05) is 24.5 Å². The lowest BCUT2D eigenvalue weighted by molar-refractivity contribution is 0.798. The van der Waals surface area contributed by atoms with Crippen molar-refractivity contribution in [3.63, 3.8) is 0 Å². The average Bonchev–Trinajstić information content (AvgIpc) is 2.19. The van der Waals surface area contributed by atoms with E-state index in [1.165, 1.54) is 6.07 Å². The third-order valence-electron chi connectivity index (χ3n) is 2.25. The monoisotopic (exact) mass is 210 g/mol. The van der Waals surface area contributed by atoms with Gasteiger partial charge in [0.25, 0.3) is 5.56 Å². The van der Waals surface area contributed by atoms with Gasteiger partial charge in [0.15, 0.2) is 0 Å². The maximum absolute atomic E-state index is 11.4. The zero-order valence-electron chi connectivity index (χ0n) is 9.29. The molecule has 0 saturated heterocycles. The van der Waals surface area contributed by atoms with Crippen LogP contribution in [0.2, 0.25) is 0 Å². The lowest BCUT2D eigenvalue weighted by Gasteiger charge is -2.19. The topological polar surface area (TPSA) is 75.0 Å². The van der Waals surface area contributed by atoms with Crippen molar-refractivity contribution < 1.29 is 0 Å². The van der Waals surface area contributed by atoms with E-state index in [-0.39, 0.29) is 5.56 Å². The van der Waals surface area contributed by atoms with Gasteiger partial charge >= 0.3 is 0 Å². The van der Waals surface area contributed by atoms with Crippen LogP contribution in [0.15, 0.2) is 10.9 Å². The zero-order chi connectivity index (χ0) is 11.3. The van der Waals surface area contributed by atoms with Crippen molar-refractivity contribution in [1.29, 1.82) is 0 Å². The van der Waals surface area contributed by atoms with Crippen LogP contribution < -0.4 is 16.2 Å². The number of nitrogens with zero attached hydrogens (tertiary/aromatic N) is 2. The normalized spacial score (nSPS) is 10.3. The fraction of sp³-hybridized carbons (Fsp3) is 0.600. The first-order valence-electron chi connectivity index (χ1n) is 5.26. The zero-order valence-corrected chi connectivity index (χ0v) is 9.29. The molecule has 1 aromatic rings. The summed E-state index contributed by atoms with van der Waals surface area (Å²) in [4.78, 5) is 20.4. The van der Waals surface area contributed by atoms with Crippen LogP contribution in [0.4, 0.5) is 5.95 Å². The van der Waals surface area contributed by atoms with Gasteiger partial charge in [-0.2, -0.15) is 0 Å². The lowest BCUT2D eigenvalue weighted by Crippen LogP contribution is -2.27. The fourth-order valence-electron chi connectivity index (χ4n) is 1.44. The highest BCUT2D eigenvalue weighted by atomic mass is 16.1. The Hall–Kier alpha value is -1.36. The number of nitrogens with two attached hydrogens (primary N) is 1. The maximum atomic E-state index is 11.4. The van der Waals surface area contributed by atoms with E-state index in [0.29, 0.717) is 18.9 Å². The van der Waals surface area contributed by atoms with Crippen LogP contribution in [-0.4, -0.2) is 29.6 Å². The Morgan fingerprint density at radius 3 is 2.67 bits per heavy atom. The van der Waals surface area contributed by atoms with Crippen LogP contribution >= 0.6 is 0 Å². The van der Waals surface area contributed by atoms with Gasteiger partial charge in [0.05, 0.1) is 5.69 Å². The standard InChI is InChI=1S/C10H18N4O/c1-3-14(4-2)10-12-8(5-6-11)7-9(15)13-10/h7H,3-6,11H2,1-2H3,(H,12,13,15). The predicted molar refractivity (Wildman–Crippen MR) is 61.2 cm³/mol. The molecular formula is C10H18N4O. The molecule has 0 bridgehead atoms. The smallest absolute Gasteiger partial charge is 0.252 e. The van der Waals surface area contributed by atoms with E-state index < -0.39 is 0 Å². The molecule has 5 nitrogen and oxygen atoms in total. The Morgan fingerprint density at radius 2 is 2.13 bits per heavy atom. The molecule has 0 radical (unpaired) electrons. The summed E-state index contributed by atoms with van der Waals surface area (Å²) in [5, 5.41) is 0. The van der Waals surface area contributed by atoms with Gasteiger partial charge in [-0.05, 0) is 20.4 Å². The van der Waals surface area contributed by atoms with Crippen molar-refractivity contribution in [1.82, 2.24) is 9.97 Å². The van der Waals surface area contributed by atoms with Crippen molar-refractivity contribution in [2.45, 2.75) is 20.3 Å². The quantitative estimate of drug-likeness (QED) is 0.723. The summed E-state index contributed by atoms with van der Waals surface area (Å²) in [5.74, 6) is 0.635. The number of hydrogen-bond acceptors (Lipinski definition) is 4. The van der Waals surface area contributed by atoms with Crippen molar-refractivity contribution >= 4 is 5.95 Å². The number of nitrogens with one attached hydrogen (secondary N) is 1. The number of aromatic amines is 1. The summed E-state index contributed by atoms with van der Waals surface area (Å²) in [5.41, 5.74) is 6.07. The summed E-state index contributed by atoms with van der Waals surface area (Å²) in [7, 11) is 0. The summed E-state index contributed by atoms with van der Waals surface area (Å²) in [6.45, 7) is 6.21. The second kappa shape index (κ2) is 5.50. The van der Waals surface area contributed by atoms with E-state index in [2.05, 4.69) is 9.97 Å². The second-order valence-corrected chi connectivity index (χ2v) is 3.27. The van der Waals surface area contributed by atoms with E-state index >= 15 is 0 Å². The van der Waals surface area contributed by atoms with Crippen LogP contribution in [0.1, 0.15) is 19.5 Å². The van der Waals surface area contributed by atoms with Crippen LogP contribution in [0.5, 0.6) is 0 Å². The highest BCUT2D eigenvalue weighted by molar-refractivity contribution is 5.29. The molecule has 0 fully saturated rings. The van der Waals surface area contributed by atoms with Gasteiger partial charge < -0.3 is 10.6 Å². The van der Waals surface area contributed by atoms with E-state index in [0.717, 1.165) is 18.8 Å². The molecule has 15 heavy (non-hydrogen) atoms. The second-order valence-electron chi connectivity index (χ2n) is 3.27. The molecule has 84 valence electrons. The Balaban J connectivity index is 3.02. The molecular weight excluding hydrogens is 192 g/mol. The number of anilines is 1. The Labute approximate surface area is 89.3 Å². The van der Waals surface area contributed by atoms with Gasteiger partial charge in [0, 0.05) is 25.6 Å². The molecule has 1 heterocycles. The van der Waals surface area contributed by atoms with Crippen LogP contribution in [0.25, 0.3) is 0 Å². The third kappa shape index (κ3) is 3.06. The summed E-state index contributed by atoms with van der Waals surface area (Å²) in [6, 6.07) is 1.50. The first-order chi connectivity index (χ1) is 7.21. The summed E-state index contributed by atoms with van der Waals surface area (Å²) in [6.07, 6.45) is 0.637. The molecule has 0 aliphatic rings. The van der Waals surface area contributed by atoms with E-state index in [1.807, 2.05) is 18.7 Å². The van der Waals surface area contributed by atoms with E-state index in [1.54, 1.807) is 0 Å². The van der Waals surface area contributed by atoms with Gasteiger partial charge in [-0.3, -0.25) is 9.78 Å². The van der Waals surface area contributed by atoms with E-state index in [4.69, 9.17) is 5.73 Å². The molecule has 0 atom stereocenters. The molecule has 0 unspecified atom stereocenters. The van der Waals surface area contributed by atoms with Gasteiger partial charge in [-0.25, -0.2) is 4.98 Å². The Bertz CT molecular complexity index is 357. The SMILES string of the molecule is CCN(CC)c1nc(CCN)cc(=O)[nH]1. The first kappa shape index (κ1) is 11.7. The molecule has 0 aliphatic carbocycles. The predicted octanol–water partition coefficient (Wildman–Crippen LogP) is 0.117. The molecule has 0 saturated carbocycles. The maximum Gasteiger partial charge on any atom is 0.252 e. The molecule has 0 aromatic carbocycles. The van der Waals surface area contributed by atoms with E-state index in [9.17, 15) is 4.79 Å². The first-order valence-corrected chi connectivity index (χ1v) is 5.26. The number of H-pyrrole nitrogens is 1. The fourth-order valence-corrected chi connectivity index (χ4v) is 1.44. The highest BCUT2D eigenvalue weighted by Crippen LogP contribution is 2.04. The Kier molecular flexibility index (Phi) is 4.30. The van der Waals surface area contributed by atoms with Crippen molar-refractivity contribution in [2.24, 2.45) is 5.73 Å². The van der Waals surface area contributed by atoms with Gasteiger partial charge in [0.2, 0.25) is 5.95 Å². The lowest BCUT2D eigenvalue weighted by atomic mass is 10.3. The minimum atomic E-state index is -0.115. The van der Waals surface area contributed by atoms with Gasteiger partial charge in [-0.15, -0.1) is 0 Å². The largest absolute Gasteiger partial charge is 0.343 e. The number of hydrogen-bond donors (Lipinski definition) is 2. The minimum Gasteiger partial charge on any atom is -0.343 e. The summed E-state index contributed by atoms with van der Waals surface area (Å²) < 4.78 is 0. The van der Waals surface area contributed by atoms with Crippen LogP contribution in [0.3, 0.4) is 0 Å². The van der Waals surface area contributed by atoms with Gasteiger partial charge in [-0.1, -0.05) is 0 Å². The van der Waals surface area contributed by atoms with Crippen LogP contribution in [0, 0.1) is 0 Å². The Morgan fingerprint density at radius 1 is 1.47 bits per heavy atom. The molecule has 3 N–H and O–H groups in total. The van der Waals surface area contributed by atoms with Crippen molar-refractivity contribution in [3.8, 4) is 0 Å². The minimum absolute atomic E-state index is 0.115. The van der Waals surface area contributed by atoms with Gasteiger partial charge in [0.1, 0.15) is 0 Å². The molecule has 1 rings (SSSR count). The molecule has 0 spiro atoms. The summed E-state index contributed by atoms with van der Waals surface area (Å²) >= 11 is 0. The van der Waals surface area contributed by atoms with Crippen LogP contribution in [-0.2, 0) is 6.42 Å². The molecule has 0 aliphatic heterocycles. The van der Waals surface area contributed by atoms with Crippen molar-refractivity contribution in [3.05, 3.63) is 22.1 Å².